The molecule has 0 radical (unpaired) electrons. The first-order chi connectivity index (χ1) is 10.6. The fraction of sp³-hybridized carbons (Fsp3) is 0.500. The van der Waals surface area contributed by atoms with Gasteiger partial charge in [-0.2, -0.15) is 4.98 Å². The lowest BCUT2D eigenvalue weighted by Crippen LogP contribution is -2.00. The number of hydrogen-bond donors (Lipinski definition) is 1. The predicted molar refractivity (Wildman–Crippen MR) is 85.4 cm³/mol. The maximum absolute atomic E-state index is 12.1. The molecule has 0 fully saturated rings. The summed E-state index contributed by atoms with van der Waals surface area (Å²) in [4.78, 5) is 4.29. The molecule has 0 saturated carbocycles. The molecule has 22 heavy (non-hydrogen) atoms. The average Bonchev–Trinajstić information content (AvgIpc) is 2.93. The molecule has 0 amide bonds. The van der Waals surface area contributed by atoms with Gasteiger partial charge in [0.1, 0.15) is 5.75 Å². The van der Waals surface area contributed by atoms with Crippen molar-refractivity contribution in [3.63, 3.8) is 0 Å². The molecule has 0 bridgehead atoms. The molecule has 0 aliphatic carbocycles. The first-order valence-electron chi connectivity index (χ1n) is 7.42. The fourth-order valence-electron chi connectivity index (χ4n) is 1.98. The van der Waals surface area contributed by atoms with Crippen molar-refractivity contribution in [2.45, 2.75) is 44.8 Å². The molecule has 5 nitrogen and oxygen atoms in total. The molecule has 120 valence electrons. The van der Waals surface area contributed by atoms with Crippen LogP contribution < -0.4 is 0 Å². The minimum atomic E-state index is -1.09. The van der Waals surface area contributed by atoms with E-state index in [9.17, 15) is 4.21 Å². The topological polar surface area (TPSA) is 76.2 Å². The third-order valence-electron chi connectivity index (χ3n) is 3.27. The number of nitrogens with zero attached hydrogens (tertiary/aromatic N) is 2. The third-order valence-corrected chi connectivity index (χ3v) is 4.50. The summed E-state index contributed by atoms with van der Waals surface area (Å²) in [5.74, 6) is 2.43. The Morgan fingerprint density at radius 1 is 1.18 bits per heavy atom. The highest BCUT2D eigenvalue weighted by molar-refractivity contribution is 7.83. The van der Waals surface area contributed by atoms with Crippen LogP contribution >= 0.6 is 0 Å². The van der Waals surface area contributed by atoms with Crippen LogP contribution in [0.5, 0.6) is 0 Å². The van der Waals surface area contributed by atoms with Crippen LogP contribution in [0.3, 0.4) is 0 Å². The van der Waals surface area contributed by atoms with Crippen LogP contribution in [0.15, 0.2) is 28.8 Å². The molecule has 0 aliphatic rings. The largest absolute Gasteiger partial charge is 0.392 e. The van der Waals surface area contributed by atoms with Gasteiger partial charge >= 0.3 is 0 Å². The van der Waals surface area contributed by atoms with Gasteiger partial charge in [-0.1, -0.05) is 43.3 Å². The molecule has 0 saturated heterocycles. The third kappa shape index (κ3) is 5.35. The second-order valence-electron chi connectivity index (χ2n) is 5.74. The van der Waals surface area contributed by atoms with Gasteiger partial charge in [-0.05, 0) is 23.5 Å². The molecule has 1 atom stereocenters. The summed E-state index contributed by atoms with van der Waals surface area (Å²) in [6.45, 7) is 4.32. The van der Waals surface area contributed by atoms with E-state index in [1.807, 2.05) is 24.3 Å². The summed E-state index contributed by atoms with van der Waals surface area (Å²) in [7, 11) is -1.09. The first kappa shape index (κ1) is 16.8. The molecule has 2 aromatic rings. The van der Waals surface area contributed by atoms with Crippen molar-refractivity contribution in [2.24, 2.45) is 5.92 Å². The van der Waals surface area contributed by atoms with Crippen LogP contribution in [-0.4, -0.2) is 19.5 Å². The summed E-state index contributed by atoms with van der Waals surface area (Å²) in [6.07, 6.45) is 1.80. The number of hydrogen-bond acceptors (Lipinski definition) is 5. The van der Waals surface area contributed by atoms with Gasteiger partial charge in [0.15, 0.2) is 5.82 Å². The van der Waals surface area contributed by atoms with Crippen LogP contribution in [0.25, 0.3) is 0 Å². The van der Waals surface area contributed by atoms with Gasteiger partial charge in [0.2, 0.25) is 5.89 Å². The summed E-state index contributed by atoms with van der Waals surface area (Å²) in [6, 6.07) is 7.43. The highest BCUT2D eigenvalue weighted by Gasteiger charge is 2.11. The molecule has 1 unspecified atom stereocenters. The lowest BCUT2D eigenvalue weighted by molar-refractivity contribution is 0.282. The van der Waals surface area contributed by atoms with E-state index in [0.29, 0.717) is 23.4 Å². The average molecular weight is 322 g/mol. The summed E-state index contributed by atoms with van der Waals surface area (Å²) >= 11 is 0. The maximum Gasteiger partial charge on any atom is 0.239 e. The van der Waals surface area contributed by atoms with E-state index >= 15 is 0 Å². The molecular weight excluding hydrogens is 300 g/mol. The van der Waals surface area contributed by atoms with E-state index < -0.39 is 10.8 Å². The second-order valence-corrected chi connectivity index (χ2v) is 7.20. The molecule has 0 aliphatic heterocycles. The van der Waals surface area contributed by atoms with E-state index in [2.05, 4.69) is 24.0 Å². The van der Waals surface area contributed by atoms with E-state index in [0.717, 1.165) is 24.0 Å². The molecule has 1 aromatic heterocycles. The Kier molecular flexibility index (Phi) is 6.27. The van der Waals surface area contributed by atoms with E-state index in [4.69, 9.17) is 9.63 Å². The van der Waals surface area contributed by atoms with E-state index in [1.54, 1.807) is 0 Å². The molecular formula is C16H22N2O3S. The number of aromatic nitrogens is 2. The van der Waals surface area contributed by atoms with Gasteiger partial charge in [0.25, 0.3) is 0 Å². The van der Waals surface area contributed by atoms with E-state index in [1.165, 1.54) is 0 Å². The highest BCUT2D eigenvalue weighted by Crippen LogP contribution is 2.11. The van der Waals surface area contributed by atoms with Crippen LogP contribution in [0.2, 0.25) is 0 Å². The van der Waals surface area contributed by atoms with E-state index in [-0.39, 0.29) is 12.4 Å². The number of rotatable bonds is 8. The van der Waals surface area contributed by atoms with Crippen molar-refractivity contribution in [2.75, 3.05) is 0 Å². The first-order valence-corrected chi connectivity index (χ1v) is 8.90. The SMILES string of the molecule is CC(C)CCc1noc(CS(=O)Cc2ccc(CO)cc2)n1. The standard InChI is InChI=1S/C16H22N2O3S/c1-12(2)3-8-15-17-16(21-18-15)11-22(20)10-14-6-4-13(9-19)5-7-14/h4-7,12,19H,3,8-11H2,1-2H3. The van der Waals surface area contributed by atoms with Crippen molar-refractivity contribution < 1.29 is 13.8 Å². The Morgan fingerprint density at radius 3 is 2.50 bits per heavy atom. The molecule has 0 spiro atoms. The number of aliphatic hydroxyl groups excluding tert-OH is 1. The zero-order valence-corrected chi connectivity index (χ0v) is 13.8. The van der Waals surface area contributed by atoms with Crippen molar-refractivity contribution in [1.29, 1.82) is 0 Å². The Balaban J connectivity index is 1.86. The Labute approximate surface area is 133 Å². The normalized spacial score (nSPS) is 12.7. The monoisotopic (exact) mass is 322 g/mol. The van der Waals surface area contributed by atoms with Crippen molar-refractivity contribution >= 4 is 10.8 Å². The van der Waals surface area contributed by atoms with Gasteiger partial charge in [-0.3, -0.25) is 4.21 Å². The van der Waals surface area contributed by atoms with Crippen molar-refractivity contribution in [3.8, 4) is 0 Å². The zero-order valence-electron chi connectivity index (χ0n) is 13.0. The second kappa shape index (κ2) is 8.19. The Morgan fingerprint density at radius 2 is 1.86 bits per heavy atom. The lowest BCUT2D eigenvalue weighted by Gasteiger charge is -2.01. The Hall–Kier alpha value is -1.53. The van der Waals surface area contributed by atoms with Gasteiger partial charge < -0.3 is 9.63 Å². The highest BCUT2D eigenvalue weighted by atomic mass is 32.2. The van der Waals surface area contributed by atoms with Gasteiger partial charge in [0.05, 0.1) is 6.61 Å². The molecule has 1 heterocycles. The summed E-state index contributed by atoms with van der Waals surface area (Å²) in [5.41, 5.74) is 1.82. The van der Waals surface area contributed by atoms with Crippen LogP contribution in [0, 0.1) is 5.92 Å². The van der Waals surface area contributed by atoms with Crippen molar-refractivity contribution in [1.82, 2.24) is 10.1 Å². The smallest absolute Gasteiger partial charge is 0.239 e. The predicted octanol–water partition coefficient (Wildman–Crippen LogP) is 2.60. The van der Waals surface area contributed by atoms with Crippen LogP contribution in [0.4, 0.5) is 0 Å². The number of benzene rings is 1. The van der Waals surface area contributed by atoms with Gasteiger partial charge in [0, 0.05) is 23.0 Å². The lowest BCUT2D eigenvalue weighted by atomic mass is 10.1. The van der Waals surface area contributed by atoms with Crippen molar-refractivity contribution in [3.05, 3.63) is 47.1 Å². The minimum Gasteiger partial charge on any atom is -0.392 e. The minimum absolute atomic E-state index is 0.0184. The summed E-state index contributed by atoms with van der Waals surface area (Å²) in [5, 5.41) is 12.9. The molecule has 1 aromatic carbocycles. The summed E-state index contributed by atoms with van der Waals surface area (Å²) < 4.78 is 17.3. The number of aliphatic hydroxyl groups is 1. The Bertz CT molecular complexity index is 608. The van der Waals surface area contributed by atoms with Crippen LogP contribution in [-0.2, 0) is 35.3 Å². The molecule has 2 rings (SSSR count). The molecule has 6 heteroatoms. The van der Waals surface area contributed by atoms with Crippen LogP contribution in [0.1, 0.15) is 43.1 Å². The zero-order chi connectivity index (χ0) is 15.9. The quantitative estimate of drug-likeness (QED) is 0.808. The molecule has 1 N–H and O–H groups in total. The number of aryl methyl sites for hydroxylation is 1. The van der Waals surface area contributed by atoms with Gasteiger partial charge in [-0.15, -0.1) is 0 Å². The fourth-order valence-corrected chi connectivity index (χ4v) is 3.04. The maximum atomic E-state index is 12.1. The van der Waals surface area contributed by atoms with Gasteiger partial charge in [-0.25, -0.2) is 0 Å².